The van der Waals surface area contributed by atoms with Crippen molar-refractivity contribution in [3.8, 4) is 0 Å². The standard InChI is InChI=1S/C12H13N5O/c1-8(13)12(18)17-16-7-9-2-3-10-11(6-9)15-5-4-14-10/h2-8H,13H2,1H3,(H,17,18)/p+1. The number of quaternary nitrogens is 1. The van der Waals surface area contributed by atoms with E-state index in [1.165, 1.54) is 0 Å². The number of carbonyl (C=O) groups excluding carboxylic acids is 1. The summed E-state index contributed by atoms with van der Waals surface area (Å²) in [6, 6.07) is 5.24. The van der Waals surface area contributed by atoms with Gasteiger partial charge in [0.25, 0.3) is 5.91 Å². The molecule has 1 heterocycles. The van der Waals surface area contributed by atoms with E-state index in [-0.39, 0.29) is 11.9 Å². The zero-order chi connectivity index (χ0) is 13.0. The lowest BCUT2D eigenvalue weighted by Gasteiger charge is -1.99. The second-order valence-corrected chi connectivity index (χ2v) is 3.94. The highest BCUT2D eigenvalue weighted by Gasteiger charge is 2.08. The minimum atomic E-state index is -0.329. The highest BCUT2D eigenvalue weighted by molar-refractivity contribution is 5.88. The molecule has 0 aliphatic rings. The molecular formula is C12H14N5O+. The Morgan fingerprint density at radius 1 is 1.39 bits per heavy atom. The number of fused-ring (bicyclic) bond motifs is 1. The summed E-state index contributed by atoms with van der Waals surface area (Å²) in [6.45, 7) is 1.70. The number of amides is 1. The molecule has 0 saturated carbocycles. The first kappa shape index (κ1) is 12.1. The number of benzene rings is 1. The predicted octanol–water partition coefficient (Wildman–Crippen LogP) is -0.290. The maximum atomic E-state index is 11.2. The second-order valence-electron chi connectivity index (χ2n) is 3.94. The van der Waals surface area contributed by atoms with E-state index in [0.717, 1.165) is 16.6 Å². The summed E-state index contributed by atoms with van der Waals surface area (Å²) >= 11 is 0. The van der Waals surface area contributed by atoms with Crippen LogP contribution in [0.15, 0.2) is 35.7 Å². The molecule has 2 rings (SSSR count). The van der Waals surface area contributed by atoms with E-state index >= 15 is 0 Å². The maximum absolute atomic E-state index is 11.2. The molecular weight excluding hydrogens is 230 g/mol. The van der Waals surface area contributed by atoms with E-state index in [0.29, 0.717) is 0 Å². The van der Waals surface area contributed by atoms with Gasteiger partial charge in [0, 0.05) is 12.4 Å². The number of rotatable bonds is 3. The largest absolute Gasteiger partial charge is 0.348 e. The van der Waals surface area contributed by atoms with Gasteiger partial charge in [-0.25, -0.2) is 5.43 Å². The lowest BCUT2D eigenvalue weighted by molar-refractivity contribution is -0.398. The Labute approximate surface area is 104 Å². The number of hydrogen-bond donors (Lipinski definition) is 2. The van der Waals surface area contributed by atoms with Gasteiger partial charge in [-0.15, -0.1) is 0 Å². The van der Waals surface area contributed by atoms with Gasteiger partial charge in [-0.3, -0.25) is 14.8 Å². The average molecular weight is 244 g/mol. The van der Waals surface area contributed by atoms with E-state index in [9.17, 15) is 4.79 Å². The smallest absolute Gasteiger partial charge is 0.297 e. The van der Waals surface area contributed by atoms with Crippen LogP contribution in [0.5, 0.6) is 0 Å². The molecule has 92 valence electrons. The van der Waals surface area contributed by atoms with Gasteiger partial charge in [0.1, 0.15) is 0 Å². The first-order chi connectivity index (χ1) is 8.66. The highest BCUT2D eigenvalue weighted by Crippen LogP contribution is 2.08. The summed E-state index contributed by atoms with van der Waals surface area (Å²) in [5.41, 5.74) is 8.47. The van der Waals surface area contributed by atoms with Crippen LogP contribution in [0.2, 0.25) is 0 Å². The van der Waals surface area contributed by atoms with Crippen molar-refractivity contribution in [1.82, 2.24) is 15.4 Å². The van der Waals surface area contributed by atoms with Crippen LogP contribution in [0.3, 0.4) is 0 Å². The Bertz CT molecular complexity index is 594. The minimum absolute atomic E-state index is 0.216. The molecule has 0 bridgehead atoms. The molecule has 0 saturated heterocycles. The SMILES string of the molecule is CC([NH3+])C(=O)NN=Cc1ccc2nccnc2c1. The van der Waals surface area contributed by atoms with Crippen LogP contribution in [0.4, 0.5) is 0 Å². The maximum Gasteiger partial charge on any atom is 0.297 e. The molecule has 0 fully saturated rings. The molecule has 0 radical (unpaired) electrons. The van der Waals surface area contributed by atoms with Crippen molar-refractivity contribution in [2.24, 2.45) is 5.10 Å². The molecule has 6 nitrogen and oxygen atoms in total. The molecule has 1 unspecified atom stereocenters. The number of hydrogen-bond acceptors (Lipinski definition) is 4. The zero-order valence-corrected chi connectivity index (χ0v) is 10.00. The molecule has 1 amide bonds. The van der Waals surface area contributed by atoms with Crippen molar-refractivity contribution in [2.45, 2.75) is 13.0 Å². The molecule has 6 heteroatoms. The van der Waals surface area contributed by atoms with Gasteiger partial charge >= 0.3 is 0 Å². The Morgan fingerprint density at radius 3 is 2.83 bits per heavy atom. The van der Waals surface area contributed by atoms with Crippen LogP contribution >= 0.6 is 0 Å². The second kappa shape index (κ2) is 5.33. The molecule has 1 aromatic carbocycles. The molecule has 0 spiro atoms. The summed E-state index contributed by atoms with van der Waals surface area (Å²) in [5.74, 6) is -0.216. The molecule has 0 aliphatic heterocycles. The van der Waals surface area contributed by atoms with Gasteiger partial charge in [-0.2, -0.15) is 5.10 Å². The zero-order valence-electron chi connectivity index (χ0n) is 10.00. The third kappa shape index (κ3) is 2.86. The number of nitrogens with one attached hydrogen (secondary N) is 1. The fourth-order valence-corrected chi connectivity index (χ4v) is 1.34. The van der Waals surface area contributed by atoms with Crippen molar-refractivity contribution in [3.63, 3.8) is 0 Å². The van der Waals surface area contributed by atoms with Gasteiger partial charge in [0.2, 0.25) is 0 Å². The van der Waals surface area contributed by atoms with Gasteiger partial charge in [0.05, 0.1) is 17.2 Å². The lowest BCUT2D eigenvalue weighted by atomic mass is 10.2. The third-order valence-electron chi connectivity index (χ3n) is 2.33. The summed E-state index contributed by atoms with van der Waals surface area (Å²) in [6.07, 6.45) is 4.84. The van der Waals surface area contributed by atoms with Crippen LogP contribution in [0, 0.1) is 0 Å². The Morgan fingerprint density at radius 2 is 2.11 bits per heavy atom. The highest BCUT2D eigenvalue weighted by atomic mass is 16.2. The number of aromatic nitrogens is 2. The van der Waals surface area contributed by atoms with Crippen LogP contribution in [-0.4, -0.2) is 28.1 Å². The molecule has 4 N–H and O–H groups in total. The van der Waals surface area contributed by atoms with Crippen LogP contribution in [0.1, 0.15) is 12.5 Å². The van der Waals surface area contributed by atoms with Crippen molar-refractivity contribution in [1.29, 1.82) is 0 Å². The summed E-state index contributed by atoms with van der Waals surface area (Å²) in [4.78, 5) is 19.6. The number of nitrogens with zero attached hydrogens (tertiary/aromatic N) is 3. The van der Waals surface area contributed by atoms with Gasteiger partial charge in [-0.05, 0) is 24.6 Å². The fraction of sp³-hybridized carbons (Fsp3) is 0.167. The van der Waals surface area contributed by atoms with E-state index in [2.05, 4.69) is 26.2 Å². The van der Waals surface area contributed by atoms with E-state index in [4.69, 9.17) is 0 Å². The van der Waals surface area contributed by atoms with Crippen molar-refractivity contribution >= 4 is 23.2 Å². The van der Waals surface area contributed by atoms with E-state index in [1.807, 2.05) is 18.2 Å². The van der Waals surface area contributed by atoms with E-state index in [1.54, 1.807) is 25.5 Å². The summed E-state index contributed by atoms with van der Waals surface area (Å²) < 4.78 is 0. The quantitative estimate of drug-likeness (QED) is 0.573. The Hall–Kier alpha value is -2.34. The molecule has 18 heavy (non-hydrogen) atoms. The topological polar surface area (TPSA) is 94.9 Å². The number of hydrazone groups is 1. The average Bonchev–Trinajstić information content (AvgIpc) is 2.38. The van der Waals surface area contributed by atoms with E-state index < -0.39 is 0 Å². The predicted molar refractivity (Wildman–Crippen MR) is 67.6 cm³/mol. The van der Waals surface area contributed by atoms with Gasteiger partial charge in [0.15, 0.2) is 6.04 Å². The van der Waals surface area contributed by atoms with Crippen LogP contribution in [-0.2, 0) is 4.79 Å². The monoisotopic (exact) mass is 244 g/mol. The lowest BCUT2D eigenvalue weighted by Crippen LogP contribution is -2.65. The molecule has 0 aliphatic carbocycles. The Balaban J connectivity index is 2.12. The van der Waals surface area contributed by atoms with Crippen LogP contribution < -0.4 is 11.2 Å². The van der Waals surface area contributed by atoms with Crippen molar-refractivity contribution in [3.05, 3.63) is 36.2 Å². The number of carbonyl (C=O) groups is 1. The summed E-state index contributed by atoms with van der Waals surface area (Å²) in [7, 11) is 0. The Kier molecular flexibility index (Phi) is 3.59. The fourth-order valence-electron chi connectivity index (χ4n) is 1.34. The van der Waals surface area contributed by atoms with Crippen molar-refractivity contribution < 1.29 is 10.5 Å². The van der Waals surface area contributed by atoms with Crippen LogP contribution in [0.25, 0.3) is 11.0 Å². The molecule has 1 atom stereocenters. The first-order valence-corrected chi connectivity index (χ1v) is 5.53. The third-order valence-corrected chi connectivity index (χ3v) is 2.33. The van der Waals surface area contributed by atoms with Gasteiger partial charge in [-0.1, -0.05) is 6.07 Å². The summed E-state index contributed by atoms with van der Waals surface area (Å²) in [5, 5.41) is 3.86. The van der Waals surface area contributed by atoms with Crippen molar-refractivity contribution in [2.75, 3.05) is 0 Å². The molecule has 2 aromatic rings. The van der Waals surface area contributed by atoms with Gasteiger partial charge < -0.3 is 5.73 Å². The normalized spacial score (nSPS) is 12.8. The molecule has 1 aromatic heterocycles. The minimum Gasteiger partial charge on any atom is -0.348 e. The first-order valence-electron chi connectivity index (χ1n) is 5.53.